The molecule has 1 aromatic heterocycles. The molecule has 0 radical (unpaired) electrons. The Hall–Kier alpha value is -1.81. The summed E-state index contributed by atoms with van der Waals surface area (Å²) in [7, 11) is 0. The van der Waals surface area contributed by atoms with Crippen molar-refractivity contribution in [2.24, 2.45) is 0 Å². The molecule has 4 heteroatoms. The van der Waals surface area contributed by atoms with Gasteiger partial charge in [0.2, 0.25) is 0 Å². The number of hydrogen-bond donors (Lipinski definition) is 1. The van der Waals surface area contributed by atoms with E-state index in [2.05, 4.69) is 42.1 Å². The second-order valence-corrected chi connectivity index (χ2v) is 6.46. The lowest BCUT2D eigenvalue weighted by Crippen LogP contribution is -2.40. The number of benzene rings is 1. The second kappa shape index (κ2) is 7.18. The average Bonchev–Trinajstić information content (AvgIpc) is 3.00. The summed E-state index contributed by atoms with van der Waals surface area (Å²) in [6.45, 7) is 6.83. The Balaban J connectivity index is 1.91. The molecule has 0 fully saturated rings. The van der Waals surface area contributed by atoms with Gasteiger partial charge < -0.3 is 9.42 Å². The number of hydrogen-bond acceptors (Lipinski definition) is 3. The topological polar surface area (TPSA) is 49.2 Å². The van der Waals surface area contributed by atoms with Crippen molar-refractivity contribution in [3.05, 3.63) is 45.8 Å². The van der Waals surface area contributed by atoms with E-state index in [4.69, 9.17) is 4.52 Å². The first-order valence-corrected chi connectivity index (χ1v) is 8.76. The van der Waals surface area contributed by atoms with E-state index in [-0.39, 0.29) is 5.63 Å². The Morgan fingerprint density at radius 1 is 1.26 bits per heavy atom. The molecular weight excluding hydrogens is 288 g/mol. The first kappa shape index (κ1) is 16.1. The maximum absolute atomic E-state index is 11.4. The summed E-state index contributed by atoms with van der Waals surface area (Å²) in [5.74, 6) is 0. The van der Waals surface area contributed by atoms with Crippen LogP contribution in [0.2, 0.25) is 0 Å². The Morgan fingerprint density at radius 2 is 2.04 bits per heavy atom. The van der Waals surface area contributed by atoms with Crippen molar-refractivity contribution in [3.63, 3.8) is 0 Å². The van der Waals surface area contributed by atoms with Crippen molar-refractivity contribution < 1.29 is 4.52 Å². The molecule has 23 heavy (non-hydrogen) atoms. The van der Waals surface area contributed by atoms with Crippen molar-refractivity contribution in [1.82, 2.24) is 10.1 Å². The lowest BCUT2D eigenvalue weighted by atomic mass is 9.83. The zero-order valence-electron chi connectivity index (χ0n) is 14.1. The normalized spacial score (nSPS) is 17.4. The highest BCUT2D eigenvalue weighted by molar-refractivity contribution is 5.65. The summed E-state index contributed by atoms with van der Waals surface area (Å²) in [5.41, 5.74) is 4.38. The highest BCUT2D eigenvalue weighted by atomic mass is 16.5. The van der Waals surface area contributed by atoms with Crippen molar-refractivity contribution in [1.29, 1.82) is 0 Å². The molecular formula is C19H26N2O2. The number of aromatic nitrogens is 1. The lowest BCUT2D eigenvalue weighted by molar-refractivity contribution is 0.180. The molecule has 0 saturated carbocycles. The quantitative estimate of drug-likeness (QED) is 0.886. The number of aromatic amines is 1. The van der Waals surface area contributed by atoms with Gasteiger partial charge in [0.05, 0.1) is 11.8 Å². The molecule has 1 atom stereocenters. The van der Waals surface area contributed by atoms with Gasteiger partial charge in [0, 0.05) is 11.6 Å². The van der Waals surface area contributed by atoms with E-state index in [1.807, 2.05) is 0 Å². The number of H-pyrrole nitrogens is 1. The summed E-state index contributed by atoms with van der Waals surface area (Å²) in [6.07, 6.45) is 5.77. The molecule has 4 nitrogen and oxygen atoms in total. The van der Waals surface area contributed by atoms with Crippen molar-refractivity contribution >= 4 is 0 Å². The van der Waals surface area contributed by atoms with Crippen LogP contribution in [0, 0.1) is 0 Å². The fraction of sp³-hybridized carbons (Fsp3) is 0.526. The van der Waals surface area contributed by atoms with E-state index in [1.54, 1.807) is 6.07 Å². The number of aryl methyl sites for hydroxylation is 1. The molecule has 1 aromatic carbocycles. The molecule has 124 valence electrons. The van der Waals surface area contributed by atoms with E-state index in [0.717, 1.165) is 24.1 Å². The maximum Gasteiger partial charge on any atom is 0.357 e. The predicted molar refractivity (Wildman–Crippen MR) is 92.7 cm³/mol. The van der Waals surface area contributed by atoms with E-state index in [0.29, 0.717) is 6.04 Å². The van der Waals surface area contributed by atoms with E-state index in [1.165, 1.54) is 43.5 Å². The van der Waals surface area contributed by atoms with Crippen LogP contribution < -0.4 is 5.63 Å². The number of fused-ring (bicyclic) bond motifs is 1. The molecule has 0 saturated heterocycles. The van der Waals surface area contributed by atoms with Gasteiger partial charge in [-0.3, -0.25) is 0 Å². The van der Waals surface area contributed by atoms with Crippen LogP contribution in [0.1, 0.15) is 44.2 Å². The Kier molecular flexibility index (Phi) is 5.01. The van der Waals surface area contributed by atoms with Gasteiger partial charge in [-0.25, -0.2) is 9.95 Å². The Morgan fingerprint density at radius 3 is 2.70 bits per heavy atom. The molecule has 0 spiro atoms. The molecule has 1 unspecified atom stereocenters. The molecule has 1 aliphatic carbocycles. The first-order chi connectivity index (χ1) is 11.2. The third kappa shape index (κ3) is 3.42. The summed E-state index contributed by atoms with van der Waals surface area (Å²) >= 11 is 0. The van der Waals surface area contributed by atoms with Crippen LogP contribution in [0.25, 0.3) is 11.3 Å². The van der Waals surface area contributed by atoms with Crippen LogP contribution in [0.15, 0.2) is 33.6 Å². The maximum atomic E-state index is 11.4. The van der Waals surface area contributed by atoms with Crippen LogP contribution in [0.3, 0.4) is 0 Å². The van der Waals surface area contributed by atoms with Crippen LogP contribution in [-0.2, 0) is 12.8 Å². The zero-order chi connectivity index (χ0) is 16.2. The van der Waals surface area contributed by atoms with Gasteiger partial charge in [0.1, 0.15) is 0 Å². The minimum Gasteiger partial charge on any atom is -0.339 e. The van der Waals surface area contributed by atoms with Crippen molar-refractivity contribution in [3.8, 4) is 11.3 Å². The molecule has 2 aromatic rings. The minimum absolute atomic E-state index is 0.316. The van der Waals surface area contributed by atoms with Gasteiger partial charge >= 0.3 is 5.63 Å². The predicted octanol–water partition coefficient (Wildman–Crippen LogP) is 3.61. The SMILES string of the molecule is CCCN(CCC)C1CCc2cccc(-c3cc(=O)o[nH]3)c2C1. The smallest absolute Gasteiger partial charge is 0.339 e. The fourth-order valence-corrected chi connectivity index (χ4v) is 3.80. The van der Waals surface area contributed by atoms with Crippen LogP contribution in [-0.4, -0.2) is 29.2 Å². The first-order valence-electron chi connectivity index (χ1n) is 8.76. The molecule has 0 bridgehead atoms. The molecule has 1 heterocycles. The Labute approximate surface area is 137 Å². The van der Waals surface area contributed by atoms with Gasteiger partial charge in [-0.05, 0) is 56.3 Å². The largest absolute Gasteiger partial charge is 0.357 e. The average molecular weight is 314 g/mol. The van der Waals surface area contributed by atoms with Gasteiger partial charge in [-0.15, -0.1) is 0 Å². The van der Waals surface area contributed by atoms with E-state index in [9.17, 15) is 4.79 Å². The molecule has 0 amide bonds. The molecule has 1 aliphatic rings. The summed E-state index contributed by atoms with van der Waals surface area (Å²) in [4.78, 5) is 14.0. The minimum atomic E-state index is -0.316. The van der Waals surface area contributed by atoms with Gasteiger partial charge in [0.15, 0.2) is 0 Å². The summed E-state index contributed by atoms with van der Waals surface area (Å²) in [5, 5.41) is 2.77. The van der Waals surface area contributed by atoms with Gasteiger partial charge in [0.25, 0.3) is 0 Å². The fourth-order valence-electron chi connectivity index (χ4n) is 3.80. The standard InChI is InChI=1S/C19H26N2O2/c1-3-10-21(11-4-2)15-9-8-14-6-5-7-16(17(14)12-15)18-13-19(22)23-20-18/h5-7,13,15,20H,3-4,8-12H2,1-2H3. The summed E-state index contributed by atoms with van der Waals surface area (Å²) in [6, 6.07) is 8.54. The van der Waals surface area contributed by atoms with Gasteiger partial charge in [-0.2, -0.15) is 0 Å². The lowest BCUT2D eigenvalue weighted by Gasteiger charge is -2.35. The highest BCUT2D eigenvalue weighted by Gasteiger charge is 2.25. The molecule has 1 N–H and O–H groups in total. The third-order valence-corrected chi connectivity index (χ3v) is 4.81. The van der Waals surface area contributed by atoms with Gasteiger partial charge in [-0.1, -0.05) is 32.0 Å². The van der Waals surface area contributed by atoms with Crippen LogP contribution in [0.4, 0.5) is 0 Å². The van der Waals surface area contributed by atoms with Crippen LogP contribution >= 0.6 is 0 Å². The van der Waals surface area contributed by atoms with E-state index < -0.39 is 0 Å². The number of nitrogens with zero attached hydrogens (tertiary/aromatic N) is 1. The Bertz CT molecular complexity index is 695. The number of nitrogens with one attached hydrogen (secondary N) is 1. The second-order valence-electron chi connectivity index (χ2n) is 6.46. The number of rotatable bonds is 6. The van der Waals surface area contributed by atoms with Crippen molar-refractivity contribution in [2.75, 3.05) is 13.1 Å². The molecule has 0 aliphatic heterocycles. The van der Waals surface area contributed by atoms with Crippen molar-refractivity contribution in [2.45, 2.75) is 52.0 Å². The summed E-state index contributed by atoms with van der Waals surface area (Å²) < 4.78 is 4.87. The third-order valence-electron chi connectivity index (χ3n) is 4.81. The molecule has 3 rings (SSSR count). The van der Waals surface area contributed by atoms with E-state index >= 15 is 0 Å². The zero-order valence-corrected chi connectivity index (χ0v) is 14.1. The van der Waals surface area contributed by atoms with Crippen LogP contribution in [0.5, 0.6) is 0 Å². The monoisotopic (exact) mass is 314 g/mol. The highest BCUT2D eigenvalue weighted by Crippen LogP contribution is 2.32.